The molecule has 0 bridgehead atoms. The quantitative estimate of drug-likeness (QED) is 0.690. The van der Waals surface area contributed by atoms with E-state index in [1.54, 1.807) is 42.3 Å². The van der Waals surface area contributed by atoms with Crippen LogP contribution in [-0.4, -0.2) is 24.3 Å². The van der Waals surface area contributed by atoms with Crippen molar-refractivity contribution < 1.29 is 13.9 Å². The summed E-state index contributed by atoms with van der Waals surface area (Å²) in [5.74, 6) is -0.0805. The first-order valence-electron chi connectivity index (χ1n) is 8.84. The van der Waals surface area contributed by atoms with Crippen LogP contribution in [-0.2, 0) is 11.5 Å². The number of carbonyl (C=O) groups is 1. The van der Waals surface area contributed by atoms with E-state index in [1.165, 1.54) is 28.0 Å². The van der Waals surface area contributed by atoms with Gasteiger partial charge in [-0.15, -0.1) is 0 Å². The predicted molar refractivity (Wildman–Crippen MR) is 107 cm³/mol. The molecule has 0 fully saturated rings. The van der Waals surface area contributed by atoms with E-state index in [-0.39, 0.29) is 24.0 Å². The molecule has 1 N–H and O–H groups in total. The largest absolute Gasteiger partial charge is 0.497 e. The van der Waals surface area contributed by atoms with E-state index in [0.717, 1.165) is 0 Å². The molecule has 1 aromatic heterocycles. The van der Waals surface area contributed by atoms with Crippen molar-refractivity contribution >= 4 is 34.2 Å². The van der Waals surface area contributed by atoms with E-state index in [1.807, 2.05) is 0 Å². The fourth-order valence-electron chi connectivity index (χ4n) is 3.50. The van der Waals surface area contributed by atoms with Crippen molar-refractivity contribution in [1.29, 1.82) is 0 Å². The van der Waals surface area contributed by atoms with E-state index >= 15 is 0 Å². The van der Waals surface area contributed by atoms with Crippen LogP contribution in [0.15, 0.2) is 52.3 Å². The lowest BCUT2D eigenvalue weighted by atomic mass is 10.1. The molecule has 7 nitrogen and oxygen atoms in total. The number of amides is 1. The number of aromatic nitrogens is 1. The van der Waals surface area contributed by atoms with E-state index in [9.17, 15) is 14.0 Å². The number of hydrogen-bond donors (Lipinski definition) is 1. The Kier molecular flexibility index (Phi) is 3.99. The monoisotopic (exact) mass is 410 g/mol. The Bertz CT molecular complexity index is 1340. The normalized spacial score (nSPS) is 16.8. The second-order valence-electron chi connectivity index (χ2n) is 6.65. The van der Waals surface area contributed by atoms with E-state index in [4.69, 9.17) is 4.74 Å². The highest BCUT2D eigenvalue weighted by Crippen LogP contribution is 2.33. The van der Waals surface area contributed by atoms with Crippen molar-refractivity contribution in [3.63, 3.8) is 0 Å². The molecule has 0 aliphatic carbocycles. The van der Waals surface area contributed by atoms with Gasteiger partial charge in [0.05, 0.1) is 12.7 Å². The molecule has 0 saturated heterocycles. The maximum Gasteiger partial charge on any atom is 0.272 e. The summed E-state index contributed by atoms with van der Waals surface area (Å²) in [6.07, 6.45) is 0. The lowest BCUT2D eigenvalue weighted by Crippen LogP contribution is -2.43. The lowest BCUT2D eigenvalue weighted by Gasteiger charge is -2.25. The van der Waals surface area contributed by atoms with E-state index in [2.05, 4.69) is 10.3 Å². The van der Waals surface area contributed by atoms with Crippen molar-refractivity contribution in [2.75, 3.05) is 24.0 Å². The number of benzene rings is 2. The standard InChI is InChI=1S/C20H15FN4O3S/c1-28-13-5-6-15-14(8-13)16(18(26)23-15)17-19(27)25-10-24(9-22-20(25)29-17)12-4-2-3-11(21)7-12/h2-8H,9-10H2,1H3,(H,23,26). The molecule has 5 rings (SSSR count). The minimum atomic E-state index is -0.351. The van der Waals surface area contributed by atoms with Gasteiger partial charge >= 0.3 is 0 Å². The first-order chi connectivity index (χ1) is 14.0. The van der Waals surface area contributed by atoms with Gasteiger partial charge < -0.3 is 15.0 Å². The third-order valence-electron chi connectivity index (χ3n) is 4.92. The van der Waals surface area contributed by atoms with Gasteiger partial charge in [0.2, 0.25) is 0 Å². The minimum absolute atomic E-state index is 0.234. The highest BCUT2D eigenvalue weighted by atomic mass is 32.1. The van der Waals surface area contributed by atoms with Gasteiger partial charge in [-0.1, -0.05) is 17.4 Å². The first kappa shape index (κ1) is 17.6. The number of ether oxygens (including phenoxy) is 1. The summed E-state index contributed by atoms with van der Waals surface area (Å²) in [7, 11) is 1.55. The number of nitrogens with zero attached hydrogens (tertiary/aromatic N) is 3. The van der Waals surface area contributed by atoms with Crippen LogP contribution in [0.3, 0.4) is 0 Å². The number of fused-ring (bicyclic) bond motifs is 2. The van der Waals surface area contributed by atoms with Gasteiger partial charge in [0, 0.05) is 16.9 Å². The average Bonchev–Trinajstić information content (AvgIpc) is 3.22. The molecule has 29 heavy (non-hydrogen) atoms. The molecule has 0 radical (unpaired) electrons. The van der Waals surface area contributed by atoms with Crippen LogP contribution < -0.4 is 29.8 Å². The number of anilines is 2. The van der Waals surface area contributed by atoms with Gasteiger partial charge in [0.1, 0.15) is 29.4 Å². The van der Waals surface area contributed by atoms with Gasteiger partial charge in [-0.2, -0.15) is 0 Å². The molecule has 0 unspecified atom stereocenters. The molecule has 146 valence electrons. The summed E-state index contributed by atoms with van der Waals surface area (Å²) in [5, 5.41) is 2.79. The number of halogens is 1. The van der Waals surface area contributed by atoms with Crippen LogP contribution in [0.1, 0.15) is 5.56 Å². The Balaban J connectivity index is 1.65. The Morgan fingerprint density at radius 2 is 2.07 bits per heavy atom. The van der Waals surface area contributed by atoms with Gasteiger partial charge in [-0.3, -0.25) is 14.2 Å². The molecule has 3 aromatic rings. The van der Waals surface area contributed by atoms with Gasteiger partial charge in [0.25, 0.3) is 11.5 Å². The lowest BCUT2D eigenvalue weighted by molar-refractivity contribution is -0.110. The van der Waals surface area contributed by atoms with Crippen LogP contribution >= 0.6 is 11.3 Å². The summed E-state index contributed by atoms with van der Waals surface area (Å²) < 4.78 is 20.7. The first-order valence-corrected chi connectivity index (χ1v) is 9.65. The molecule has 2 aliphatic heterocycles. The molecular weight excluding hydrogens is 395 g/mol. The molecule has 0 spiro atoms. The molecular formula is C20H15FN4O3S. The Morgan fingerprint density at radius 1 is 1.21 bits per heavy atom. The maximum absolute atomic E-state index is 13.6. The van der Waals surface area contributed by atoms with Crippen molar-refractivity contribution in [3.8, 4) is 5.75 Å². The number of carbonyl (C=O) groups excluding carboxylic acids is 1. The van der Waals surface area contributed by atoms with Crippen molar-refractivity contribution in [3.05, 3.63) is 73.5 Å². The third kappa shape index (κ3) is 2.82. The second kappa shape index (κ2) is 6.56. The Labute approximate surface area is 168 Å². The topological polar surface area (TPSA) is 75.9 Å². The Hall–Kier alpha value is -3.46. The second-order valence-corrected chi connectivity index (χ2v) is 7.63. The van der Waals surface area contributed by atoms with Crippen LogP contribution in [0.4, 0.5) is 15.8 Å². The molecule has 0 atom stereocenters. The molecule has 2 aromatic carbocycles. The zero-order valence-corrected chi connectivity index (χ0v) is 16.1. The van der Waals surface area contributed by atoms with Crippen LogP contribution in [0.5, 0.6) is 5.75 Å². The summed E-state index contributed by atoms with van der Waals surface area (Å²) in [4.78, 5) is 32.5. The Morgan fingerprint density at radius 3 is 2.86 bits per heavy atom. The van der Waals surface area contributed by atoms with Gasteiger partial charge in [0.15, 0.2) is 4.80 Å². The van der Waals surface area contributed by atoms with Gasteiger partial charge in [-0.05, 0) is 36.4 Å². The maximum atomic E-state index is 13.6. The summed E-state index contributed by atoms with van der Waals surface area (Å²) in [6, 6.07) is 11.4. The van der Waals surface area contributed by atoms with E-state index in [0.29, 0.717) is 44.3 Å². The highest BCUT2D eigenvalue weighted by Gasteiger charge is 2.28. The number of methoxy groups -OCH3 is 1. The van der Waals surface area contributed by atoms with E-state index < -0.39 is 0 Å². The molecule has 9 heteroatoms. The van der Waals surface area contributed by atoms with Crippen molar-refractivity contribution in [1.82, 2.24) is 4.57 Å². The van der Waals surface area contributed by atoms with Crippen LogP contribution in [0.2, 0.25) is 0 Å². The van der Waals surface area contributed by atoms with Crippen molar-refractivity contribution in [2.24, 2.45) is 4.99 Å². The molecule has 3 heterocycles. The average molecular weight is 410 g/mol. The molecule has 1 amide bonds. The zero-order valence-electron chi connectivity index (χ0n) is 15.3. The number of nitrogens with one attached hydrogen (secondary N) is 1. The zero-order chi connectivity index (χ0) is 20.1. The number of rotatable bonds is 2. The third-order valence-corrected chi connectivity index (χ3v) is 6.04. The SMILES string of the molecule is COc1ccc2c(c1)C(=c1sc3n(c1=O)CN(c1cccc(F)c1)CN=3)C(=O)N2. The van der Waals surface area contributed by atoms with Crippen molar-refractivity contribution in [2.45, 2.75) is 6.67 Å². The fraction of sp³-hybridized carbons (Fsp3) is 0.150. The molecule has 2 aliphatic rings. The van der Waals surface area contributed by atoms with Crippen LogP contribution in [0, 0.1) is 5.82 Å². The molecule has 0 saturated carbocycles. The fourth-order valence-corrected chi connectivity index (χ4v) is 4.55. The summed E-state index contributed by atoms with van der Waals surface area (Å²) in [6.45, 7) is 0.534. The smallest absolute Gasteiger partial charge is 0.272 e. The highest BCUT2D eigenvalue weighted by molar-refractivity contribution is 7.07. The van der Waals surface area contributed by atoms with Gasteiger partial charge in [-0.25, -0.2) is 9.38 Å². The number of hydrogen-bond acceptors (Lipinski definition) is 6. The summed E-state index contributed by atoms with van der Waals surface area (Å²) >= 11 is 1.18. The number of thiazole rings is 1. The predicted octanol–water partition coefficient (Wildman–Crippen LogP) is 1.26. The minimum Gasteiger partial charge on any atom is -0.497 e. The van der Waals surface area contributed by atoms with Crippen LogP contribution in [0.25, 0.3) is 5.57 Å². The summed E-state index contributed by atoms with van der Waals surface area (Å²) in [5.41, 5.74) is 1.94.